The van der Waals surface area contributed by atoms with Crippen LogP contribution in [0.15, 0.2) is 30.5 Å². The quantitative estimate of drug-likeness (QED) is 0.726. The molecule has 0 N–H and O–H groups in total. The van der Waals surface area contributed by atoms with Crippen LogP contribution in [0.25, 0.3) is 17.2 Å². The van der Waals surface area contributed by atoms with Crippen LogP contribution in [-0.2, 0) is 29.7 Å². The van der Waals surface area contributed by atoms with Crippen molar-refractivity contribution in [3.8, 4) is 17.2 Å². The summed E-state index contributed by atoms with van der Waals surface area (Å²) in [4.78, 5) is 4.98. The molecule has 0 atom stereocenters. The molecule has 0 saturated carbocycles. The average molecular weight is 351 g/mol. The molecule has 0 aliphatic carbocycles. The highest BCUT2D eigenvalue weighted by molar-refractivity contribution is 5.64. The molecule has 7 nitrogen and oxygen atoms in total. The molecular weight excluding hydrogens is 330 g/mol. The lowest BCUT2D eigenvalue weighted by molar-refractivity contribution is 0.0836. The van der Waals surface area contributed by atoms with E-state index in [2.05, 4.69) is 23.3 Å². The topological polar surface area (TPSA) is 67.0 Å². The molecule has 2 aliphatic rings. The van der Waals surface area contributed by atoms with E-state index in [4.69, 9.17) is 19.6 Å². The first-order chi connectivity index (χ1) is 12.8. The molecule has 1 fully saturated rings. The van der Waals surface area contributed by atoms with E-state index in [1.54, 1.807) is 6.20 Å². The SMILES string of the molecule is Cn1nccc1-n1nc(C2CCOCC2)nc1-c1cccc2c1COC2. The summed E-state index contributed by atoms with van der Waals surface area (Å²) in [5.74, 6) is 2.99. The lowest BCUT2D eigenvalue weighted by atomic mass is 9.99. The summed E-state index contributed by atoms with van der Waals surface area (Å²) in [6, 6.07) is 8.26. The molecule has 0 amide bonds. The zero-order chi connectivity index (χ0) is 17.5. The van der Waals surface area contributed by atoms with Crippen LogP contribution in [0.4, 0.5) is 0 Å². The Labute approximate surface area is 151 Å². The van der Waals surface area contributed by atoms with Gasteiger partial charge in [-0.1, -0.05) is 18.2 Å². The summed E-state index contributed by atoms with van der Waals surface area (Å²) < 4.78 is 14.9. The number of nitrogens with zero attached hydrogens (tertiary/aromatic N) is 5. The van der Waals surface area contributed by atoms with E-state index in [9.17, 15) is 0 Å². The highest BCUT2D eigenvalue weighted by Gasteiger charge is 2.26. The third-order valence-electron chi connectivity index (χ3n) is 5.24. The first kappa shape index (κ1) is 15.7. The van der Waals surface area contributed by atoms with E-state index < -0.39 is 0 Å². The second-order valence-electron chi connectivity index (χ2n) is 6.84. The fourth-order valence-electron chi connectivity index (χ4n) is 3.78. The molecule has 5 rings (SSSR count). The van der Waals surface area contributed by atoms with Crippen molar-refractivity contribution in [2.24, 2.45) is 7.05 Å². The summed E-state index contributed by atoms with van der Waals surface area (Å²) in [6.45, 7) is 2.83. The highest BCUT2D eigenvalue weighted by atomic mass is 16.5. The van der Waals surface area contributed by atoms with Gasteiger partial charge in [-0.3, -0.25) is 4.68 Å². The molecule has 1 aromatic carbocycles. The van der Waals surface area contributed by atoms with Crippen molar-refractivity contribution in [1.29, 1.82) is 0 Å². The molecule has 0 bridgehead atoms. The number of hydrogen-bond acceptors (Lipinski definition) is 5. The standard InChI is InChI=1S/C19H21N5O2/c1-23-17(5-8-20-23)24-19(15-4-2-3-14-11-26-12-16(14)15)21-18(22-24)13-6-9-25-10-7-13/h2-5,8,13H,6-7,9-12H2,1H3. The number of benzene rings is 1. The molecule has 2 aromatic heterocycles. The fourth-order valence-corrected chi connectivity index (χ4v) is 3.78. The number of aromatic nitrogens is 5. The Morgan fingerprint density at radius 2 is 1.96 bits per heavy atom. The van der Waals surface area contributed by atoms with Crippen molar-refractivity contribution in [3.63, 3.8) is 0 Å². The molecule has 4 heterocycles. The Morgan fingerprint density at radius 1 is 1.08 bits per heavy atom. The number of hydrogen-bond donors (Lipinski definition) is 0. The summed E-state index contributed by atoms with van der Waals surface area (Å²) in [7, 11) is 1.92. The normalized spacial score (nSPS) is 17.6. The van der Waals surface area contributed by atoms with Gasteiger partial charge in [-0.05, 0) is 24.0 Å². The van der Waals surface area contributed by atoms with Gasteiger partial charge in [0.1, 0.15) is 0 Å². The Balaban J connectivity index is 1.67. The van der Waals surface area contributed by atoms with Gasteiger partial charge in [0.15, 0.2) is 17.5 Å². The maximum Gasteiger partial charge on any atom is 0.165 e. The molecule has 26 heavy (non-hydrogen) atoms. The number of rotatable bonds is 3. The third-order valence-corrected chi connectivity index (χ3v) is 5.24. The van der Waals surface area contributed by atoms with Gasteiger partial charge in [-0.2, -0.15) is 9.78 Å². The second kappa shape index (κ2) is 6.34. The molecule has 0 spiro atoms. The molecular formula is C19H21N5O2. The second-order valence-corrected chi connectivity index (χ2v) is 6.84. The van der Waals surface area contributed by atoms with Gasteiger partial charge < -0.3 is 9.47 Å². The first-order valence-corrected chi connectivity index (χ1v) is 9.03. The van der Waals surface area contributed by atoms with Gasteiger partial charge in [0.25, 0.3) is 0 Å². The minimum atomic E-state index is 0.338. The Kier molecular flexibility index (Phi) is 3.83. The van der Waals surface area contributed by atoms with Gasteiger partial charge in [-0.25, -0.2) is 4.98 Å². The number of fused-ring (bicyclic) bond motifs is 1. The van der Waals surface area contributed by atoms with Crippen LogP contribution >= 0.6 is 0 Å². The van der Waals surface area contributed by atoms with E-state index >= 15 is 0 Å². The maximum absolute atomic E-state index is 5.66. The molecule has 2 aliphatic heterocycles. The van der Waals surface area contributed by atoms with Gasteiger partial charge in [0.05, 0.1) is 19.4 Å². The van der Waals surface area contributed by atoms with E-state index in [0.717, 1.165) is 49.1 Å². The monoisotopic (exact) mass is 351 g/mol. The van der Waals surface area contributed by atoms with Gasteiger partial charge in [0.2, 0.25) is 0 Å². The van der Waals surface area contributed by atoms with E-state index in [-0.39, 0.29) is 0 Å². The molecule has 134 valence electrons. The summed E-state index contributed by atoms with van der Waals surface area (Å²) >= 11 is 0. The lowest BCUT2D eigenvalue weighted by Crippen LogP contribution is -2.15. The fraction of sp³-hybridized carbons (Fsp3) is 0.421. The van der Waals surface area contributed by atoms with Gasteiger partial charge >= 0.3 is 0 Å². The zero-order valence-corrected chi connectivity index (χ0v) is 14.8. The van der Waals surface area contributed by atoms with Gasteiger partial charge in [-0.15, -0.1) is 5.10 Å². The van der Waals surface area contributed by atoms with Crippen LogP contribution in [0.5, 0.6) is 0 Å². The van der Waals surface area contributed by atoms with Crippen molar-refractivity contribution >= 4 is 0 Å². The number of aryl methyl sites for hydroxylation is 1. The van der Waals surface area contributed by atoms with Crippen molar-refractivity contribution in [2.45, 2.75) is 32.0 Å². The Morgan fingerprint density at radius 3 is 2.77 bits per heavy atom. The van der Waals surface area contributed by atoms with Crippen molar-refractivity contribution in [1.82, 2.24) is 24.5 Å². The van der Waals surface area contributed by atoms with Crippen molar-refractivity contribution in [3.05, 3.63) is 47.4 Å². The third kappa shape index (κ3) is 2.55. The Hall–Kier alpha value is -2.51. The van der Waals surface area contributed by atoms with Crippen LogP contribution in [0.2, 0.25) is 0 Å². The molecule has 0 radical (unpaired) electrons. The summed E-state index contributed by atoms with van der Waals surface area (Å²) in [6.07, 6.45) is 3.71. The van der Waals surface area contributed by atoms with E-state index in [1.807, 2.05) is 22.5 Å². The molecule has 1 saturated heterocycles. The van der Waals surface area contributed by atoms with E-state index in [1.165, 1.54) is 11.1 Å². The van der Waals surface area contributed by atoms with Crippen LogP contribution in [0.3, 0.4) is 0 Å². The predicted molar refractivity (Wildman–Crippen MR) is 94.8 cm³/mol. The molecule has 3 aromatic rings. The minimum Gasteiger partial charge on any atom is -0.381 e. The largest absolute Gasteiger partial charge is 0.381 e. The van der Waals surface area contributed by atoms with Crippen LogP contribution in [0.1, 0.15) is 35.7 Å². The smallest absolute Gasteiger partial charge is 0.165 e. The number of ether oxygens (including phenoxy) is 2. The van der Waals surface area contributed by atoms with Crippen molar-refractivity contribution in [2.75, 3.05) is 13.2 Å². The van der Waals surface area contributed by atoms with Crippen molar-refractivity contribution < 1.29 is 9.47 Å². The minimum absolute atomic E-state index is 0.338. The van der Waals surface area contributed by atoms with Crippen LogP contribution in [-0.4, -0.2) is 37.8 Å². The average Bonchev–Trinajstić information content (AvgIpc) is 3.40. The zero-order valence-electron chi connectivity index (χ0n) is 14.8. The molecule has 0 unspecified atom stereocenters. The van der Waals surface area contributed by atoms with Crippen LogP contribution < -0.4 is 0 Å². The lowest BCUT2D eigenvalue weighted by Gasteiger charge is -2.18. The Bertz CT molecular complexity index is 939. The maximum atomic E-state index is 5.66. The van der Waals surface area contributed by atoms with Gasteiger partial charge in [0, 0.05) is 37.8 Å². The van der Waals surface area contributed by atoms with Crippen LogP contribution in [0, 0.1) is 0 Å². The first-order valence-electron chi connectivity index (χ1n) is 9.03. The summed E-state index contributed by atoms with van der Waals surface area (Å²) in [5, 5.41) is 9.19. The van der Waals surface area contributed by atoms with E-state index in [0.29, 0.717) is 19.1 Å². The summed E-state index contributed by atoms with van der Waals surface area (Å²) in [5.41, 5.74) is 3.53. The molecule has 7 heteroatoms. The highest BCUT2D eigenvalue weighted by Crippen LogP contribution is 2.33. The predicted octanol–water partition coefficient (Wildman–Crippen LogP) is 2.59.